The average molecular weight is 196 g/mol. The van der Waals surface area contributed by atoms with Crippen LogP contribution in [0.4, 0.5) is 0 Å². The summed E-state index contributed by atoms with van der Waals surface area (Å²) in [6.07, 6.45) is 2.64. The van der Waals surface area contributed by atoms with E-state index in [-0.39, 0.29) is 0 Å². The van der Waals surface area contributed by atoms with Crippen molar-refractivity contribution in [2.24, 2.45) is 0 Å². The Morgan fingerprint density at radius 2 is 2.54 bits per heavy atom. The summed E-state index contributed by atoms with van der Waals surface area (Å²) in [4.78, 5) is 11.8. The zero-order valence-corrected chi connectivity index (χ0v) is 8.30. The molecular formula is C10H12O2S. The van der Waals surface area contributed by atoms with Crippen LogP contribution in [0.15, 0.2) is 24.1 Å². The topological polar surface area (TPSA) is 37.3 Å². The molecule has 1 N–H and O–H groups in total. The SMILES string of the molecule is C=CCc1cc(C(C)C(=O)O)cs1. The molecule has 0 aliphatic heterocycles. The van der Waals surface area contributed by atoms with Crippen LogP contribution in [0.5, 0.6) is 0 Å². The fourth-order valence-electron chi connectivity index (χ4n) is 1.02. The highest BCUT2D eigenvalue weighted by Crippen LogP contribution is 2.23. The van der Waals surface area contributed by atoms with E-state index >= 15 is 0 Å². The van der Waals surface area contributed by atoms with Crippen molar-refractivity contribution in [2.45, 2.75) is 19.3 Å². The Kier molecular flexibility index (Phi) is 3.25. The molecule has 1 atom stereocenters. The van der Waals surface area contributed by atoms with E-state index in [4.69, 9.17) is 5.11 Å². The van der Waals surface area contributed by atoms with Crippen molar-refractivity contribution in [3.05, 3.63) is 34.5 Å². The highest BCUT2D eigenvalue weighted by atomic mass is 32.1. The van der Waals surface area contributed by atoms with Gasteiger partial charge in [-0.2, -0.15) is 0 Å². The molecule has 13 heavy (non-hydrogen) atoms. The van der Waals surface area contributed by atoms with Gasteiger partial charge in [0, 0.05) is 4.88 Å². The number of aliphatic carboxylic acids is 1. The van der Waals surface area contributed by atoms with Gasteiger partial charge in [-0.15, -0.1) is 17.9 Å². The molecular weight excluding hydrogens is 184 g/mol. The molecule has 0 fully saturated rings. The minimum atomic E-state index is -0.775. The molecule has 0 aliphatic carbocycles. The van der Waals surface area contributed by atoms with Gasteiger partial charge in [0.25, 0.3) is 0 Å². The molecule has 1 aromatic rings. The molecule has 3 heteroatoms. The van der Waals surface area contributed by atoms with Crippen LogP contribution < -0.4 is 0 Å². The van der Waals surface area contributed by atoms with Crippen LogP contribution in [-0.4, -0.2) is 11.1 Å². The van der Waals surface area contributed by atoms with Crippen LogP contribution in [-0.2, 0) is 11.2 Å². The molecule has 1 rings (SSSR count). The van der Waals surface area contributed by atoms with Crippen LogP contribution in [0.3, 0.4) is 0 Å². The Morgan fingerprint density at radius 3 is 3.08 bits per heavy atom. The van der Waals surface area contributed by atoms with Crippen LogP contribution in [0.2, 0.25) is 0 Å². The van der Waals surface area contributed by atoms with Crippen molar-refractivity contribution in [3.63, 3.8) is 0 Å². The highest BCUT2D eigenvalue weighted by Gasteiger charge is 2.14. The summed E-state index contributed by atoms with van der Waals surface area (Å²) in [7, 11) is 0. The second-order valence-corrected chi connectivity index (χ2v) is 3.89. The number of carboxylic acid groups (broad SMARTS) is 1. The van der Waals surface area contributed by atoms with Crippen molar-refractivity contribution < 1.29 is 9.90 Å². The maximum atomic E-state index is 10.7. The summed E-state index contributed by atoms with van der Waals surface area (Å²) in [5, 5.41) is 10.7. The lowest BCUT2D eigenvalue weighted by Crippen LogP contribution is -2.05. The molecule has 0 bridgehead atoms. The van der Waals surface area contributed by atoms with Gasteiger partial charge in [0.1, 0.15) is 0 Å². The van der Waals surface area contributed by atoms with Gasteiger partial charge < -0.3 is 5.11 Å². The minimum Gasteiger partial charge on any atom is -0.481 e. The van der Waals surface area contributed by atoms with E-state index in [1.165, 1.54) is 0 Å². The monoisotopic (exact) mass is 196 g/mol. The minimum absolute atomic E-state index is 0.408. The van der Waals surface area contributed by atoms with Crippen LogP contribution in [0, 0.1) is 0 Å². The van der Waals surface area contributed by atoms with Crippen LogP contribution in [0.1, 0.15) is 23.3 Å². The summed E-state index contributed by atoms with van der Waals surface area (Å²) >= 11 is 1.59. The summed E-state index contributed by atoms with van der Waals surface area (Å²) in [5.74, 6) is -1.18. The van der Waals surface area contributed by atoms with Gasteiger partial charge in [0.15, 0.2) is 0 Å². The predicted octanol–water partition coefficient (Wildman–Crippen LogP) is 2.66. The third-order valence-electron chi connectivity index (χ3n) is 1.89. The smallest absolute Gasteiger partial charge is 0.310 e. The number of hydrogen-bond donors (Lipinski definition) is 1. The van der Waals surface area contributed by atoms with Gasteiger partial charge in [-0.3, -0.25) is 4.79 Å². The normalized spacial score (nSPS) is 12.4. The van der Waals surface area contributed by atoms with Gasteiger partial charge in [0.2, 0.25) is 0 Å². The van der Waals surface area contributed by atoms with Gasteiger partial charge in [-0.1, -0.05) is 6.08 Å². The second-order valence-electron chi connectivity index (χ2n) is 2.90. The Morgan fingerprint density at radius 1 is 1.85 bits per heavy atom. The molecule has 1 aromatic heterocycles. The number of allylic oxidation sites excluding steroid dienone is 1. The summed E-state index contributed by atoms with van der Waals surface area (Å²) in [6, 6.07) is 1.94. The van der Waals surface area contributed by atoms with Crippen molar-refractivity contribution in [2.75, 3.05) is 0 Å². The average Bonchev–Trinajstić information content (AvgIpc) is 2.52. The van der Waals surface area contributed by atoms with Gasteiger partial charge in [0.05, 0.1) is 5.92 Å². The third-order valence-corrected chi connectivity index (χ3v) is 2.87. The van der Waals surface area contributed by atoms with Gasteiger partial charge >= 0.3 is 5.97 Å². The first-order valence-corrected chi connectivity index (χ1v) is 4.94. The summed E-state index contributed by atoms with van der Waals surface area (Å²) in [6.45, 7) is 5.33. The molecule has 0 spiro atoms. The molecule has 0 radical (unpaired) electrons. The molecule has 1 heterocycles. The maximum absolute atomic E-state index is 10.7. The fourth-order valence-corrected chi connectivity index (χ4v) is 1.99. The Hall–Kier alpha value is -1.09. The van der Waals surface area contributed by atoms with Crippen molar-refractivity contribution in [3.8, 4) is 0 Å². The zero-order chi connectivity index (χ0) is 9.84. The first kappa shape index (κ1) is 9.99. The Bertz CT molecular complexity index is 314. The molecule has 0 aliphatic rings. The molecule has 1 unspecified atom stereocenters. The van der Waals surface area contributed by atoms with E-state index in [9.17, 15) is 4.79 Å². The molecule has 70 valence electrons. The molecule has 0 saturated carbocycles. The largest absolute Gasteiger partial charge is 0.481 e. The Balaban J connectivity index is 2.78. The third kappa shape index (κ3) is 2.42. The molecule has 0 aromatic carbocycles. The van der Waals surface area contributed by atoms with E-state index in [0.29, 0.717) is 0 Å². The standard InChI is InChI=1S/C10H12O2S/c1-3-4-9-5-8(6-13-9)7(2)10(11)12/h3,5-7H,1,4H2,2H3,(H,11,12). The van der Waals surface area contributed by atoms with Gasteiger partial charge in [-0.25, -0.2) is 0 Å². The van der Waals surface area contributed by atoms with E-state index < -0.39 is 11.9 Å². The quantitative estimate of drug-likeness (QED) is 0.752. The number of carbonyl (C=O) groups is 1. The lowest BCUT2D eigenvalue weighted by Gasteiger charge is -2.00. The number of rotatable bonds is 4. The van der Waals surface area contributed by atoms with E-state index in [0.717, 1.165) is 16.9 Å². The summed E-state index contributed by atoms with van der Waals surface area (Å²) < 4.78 is 0. The second kappa shape index (κ2) is 4.23. The zero-order valence-electron chi connectivity index (χ0n) is 7.49. The predicted molar refractivity (Wildman–Crippen MR) is 54.3 cm³/mol. The first-order valence-electron chi connectivity index (χ1n) is 4.06. The van der Waals surface area contributed by atoms with E-state index in [2.05, 4.69) is 6.58 Å². The first-order chi connectivity index (χ1) is 6.15. The number of thiophene rings is 1. The van der Waals surface area contributed by atoms with Crippen molar-refractivity contribution in [1.82, 2.24) is 0 Å². The lowest BCUT2D eigenvalue weighted by molar-refractivity contribution is -0.138. The van der Waals surface area contributed by atoms with Gasteiger partial charge in [-0.05, 0) is 30.4 Å². The van der Waals surface area contributed by atoms with Crippen molar-refractivity contribution in [1.29, 1.82) is 0 Å². The fraction of sp³-hybridized carbons (Fsp3) is 0.300. The highest BCUT2D eigenvalue weighted by molar-refractivity contribution is 7.10. The van der Waals surface area contributed by atoms with Crippen LogP contribution >= 0.6 is 11.3 Å². The maximum Gasteiger partial charge on any atom is 0.310 e. The number of carboxylic acids is 1. The molecule has 0 saturated heterocycles. The molecule has 2 nitrogen and oxygen atoms in total. The molecule has 0 amide bonds. The van der Waals surface area contributed by atoms with Crippen LogP contribution in [0.25, 0.3) is 0 Å². The van der Waals surface area contributed by atoms with E-state index in [1.54, 1.807) is 18.3 Å². The van der Waals surface area contributed by atoms with E-state index in [1.807, 2.05) is 17.5 Å². The number of hydrogen-bond acceptors (Lipinski definition) is 2. The van der Waals surface area contributed by atoms with Crippen molar-refractivity contribution >= 4 is 17.3 Å². The Labute approximate surface area is 81.5 Å². The lowest BCUT2D eigenvalue weighted by atomic mass is 10.1. The summed E-state index contributed by atoms with van der Waals surface area (Å²) in [5.41, 5.74) is 0.884.